The van der Waals surface area contributed by atoms with Gasteiger partial charge in [0.05, 0.1) is 5.69 Å². The van der Waals surface area contributed by atoms with E-state index in [9.17, 15) is 4.79 Å². The molecule has 0 amide bonds. The third-order valence-corrected chi connectivity index (χ3v) is 2.76. The lowest BCUT2D eigenvalue weighted by molar-refractivity contribution is 0.0956. The molecule has 4 heteroatoms. The third-order valence-electron chi connectivity index (χ3n) is 2.76. The summed E-state index contributed by atoms with van der Waals surface area (Å²) in [6.07, 6.45) is 2.40. The third kappa shape index (κ3) is 2.91. The van der Waals surface area contributed by atoms with Gasteiger partial charge in [0.25, 0.3) is 0 Å². The zero-order valence-electron chi connectivity index (χ0n) is 8.83. The fourth-order valence-electron chi connectivity index (χ4n) is 1.83. The summed E-state index contributed by atoms with van der Waals surface area (Å²) in [5.74, 6) is 0.207. The molecule has 1 aliphatic heterocycles. The molecule has 2 N–H and O–H groups in total. The van der Waals surface area contributed by atoms with Crippen molar-refractivity contribution >= 4 is 5.78 Å². The van der Waals surface area contributed by atoms with Crippen LogP contribution in [0.1, 0.15) is 16.9 Å². The molecule has 0 saturated carbocycles. The maximum absolute atomic E-state index is 11.7. The number of carbonyl (C=O) groups is 1. The molecule has 2 rings (SSSR count). The molecular weight excluding hydrogens is 190 g/mol. The number of ketones is 1. The Kier molecular flexibility index (Phi) is 3.53. The van der Waals surface area contributed by atoms with E-state index in [-0.39, 0.29) is 5.78 Å². The van der Waals surface area contributed by atoms with Crippen LogP contribution in [0.25, 0.3) is 0 Å². The summed E-state index contributed by atoms with van der Waals surface area (Å²) in [6.45, 7) is 5.06. The normalized spacial score (nSPS) is 17.9. The summed E-state index contributed by atoms with van der Waals surface area (Å²) in [4.78, 5) is 16.9. The van der Waals surface area contributed by atoms with Crippen molar-refractivity contribution in [2.75, 3.05) is 32.7 Å². The Hall–Kier alpha value is -1.13. The van der Waals surface area contributed by atoms with Crippen molar-refractivity contribution in [2.24, 2.45) is 0 Å². The van der Waals surface area contributed by atoms with Gasteiger partial charge in [-0.05, 0) is 12.1 Å². The van der Waals surface area contributed by atoms with Gasteiger partial charge in [-0.2, -0.15) is 0 Å². The van der Waals surface area contributed by atoms with Crippen molar-refractivity contribution in [3.05, 3.63) is 24.0 Å². The Morgan fingerprint density at radius 1 is 1.40 bits per heavy atom. The number of Topliss-reactive ketones (excluding diaryl/α,β-unsaturated/α-hetero) is 1. The maximum Gasteiger partial charge on any atom is 0.180 e. The molecule has 1 fully saturated rings. The van der Waals surface area contributed by atoms with E-state index in [4.69, 9.17) is 0 Å². The van der Waals surface area contributed by atoms with Gasteiger partial charge in [0.15, 0.2) is 5.78 Å². The Balaban J connectivity index is 1.75. The summed E-state index contributed by atoms with van der Waals surface area (Å²) < 4.78 is 0. The van der Waals surface area contributed by atoms with E-state index in [1.165, 1.54) is 0 Å². The molecule has 0 radical (unpaired) electrons. The van der Waals surface area contributed by atoms with Crippen molar-refractivity contribution < 1.29 is 4.79 Å². The maximum atomic E-state index is 11.7. The monoisotopic (exact) mass is 207 g/mol. The summed E-state index contributed by atoms with van der Waals surface area (Å²) in [5.41, 5.74) is 0.727. The van der Waals surface area contributed by atoms with Crippen LogP contribution in [0.5, 0.6) is 0 Å². The van der Waals surface area contributed by atoms with Crippen LogP contribution in [0.4, 0.5) is 0 Å². The molecule has 2 heterocycles. The number of piperazine rings is 1. The number of aromatic amines is 1. The van der Waals surface area contributed by atoms with Gasteiger partial charge in [-0.15, -0.1) is 0 Å². The summed E-state index contributed by atoms with van der Waals surface area (Å²) >= 11 is 0. The van der Waals surface area contributed by atoms with E-state index in [2.05, 4.69) is 15.2 Å². The number of rotatable bonds is 4. The molecule has 15 heavy (non-hydrogen) atoms. The molecule has 1 aliphatic rings. The first-order chi connectivity index (χ1) is 7.36. The molecule has 1 saturated heterocycles. The standard InChI is InChI=1S/C11H17N3O/c15-11(10-2-1-4-13-10)3-7-14-8-5-12-6-9-14/h1-2,4,12-13H,3,5-9H2. The average molecular weight is 207 g/mol. The number of hydrogen-bond acceptors (Lipinski definition) is 3. The van der Waals surface area contributed by atoms with Crippen LogP contribution < -0.4 is 5.32 Å². The van der Waals surface area contributed by atoms with Gasteiger partial charge in [-0.3, -0.25) is 4.79 Å². The second-order valence-electron chi connectivity index (χ2n) is 3.85. The Morgan fingerprint density at radius 2 is 2.20 bits per heavy atom. The predicted molar refractivity (Wildman–Crippen MR) is 59.0 cm³/mol. The van der Waals surface area contributed by atoms with Crippen LogP contribution in [0.2, 0.25) is 0 Å². The molecule has 0 unspecified atom stereocenters. The second kappa shape index (κ2) is 5.09. The molecule has 1 aromatic heterocycles. The van der Waals surface area contributed by atoms with Gasteiger partial charge in [0, 0.05) is 45.3 Å². The molecule has 1 aromatic rings. The van der Waals surface area contributed by atoms with E-state index >= 15 is 0 Å². The highest BCUT2D eigenvalue weighted by Gasteiger charge is 2.12. The van der Waals surface area contributed by atoms with Crippen LogP contribution >= 0.6 is 0 Å². The number of carbonyl (C=O) groups excluding carboxylic acids is 1. The number of H-pyrrole nitrogens is 1. The van der Waals surface area contributed by atoms with Gasteiger partial charge in [-0.1, -0.05) is 0 Å². The highest BCUT2D eigenvalue weighted by molar-refractivity contribution is 5.94. The van der Waals surface area contributed by atoms with Crippen LogP contribution in [-0.2, 0) is 0 Å². The lowest BCUT2D eigenvalue weighted by Crippen LogP contribution is -2.44. The number of nitrogens with one attached hydrogen (secondary N) is 2. The minimum absolute atomic E-state index is 0.207. The lowest BCUT2D eigenvalue weighted by Gasteiger charge is -2.26. The van der Waals surface area contributed by atoms with Crippen molar-refractivity contribution in [3.8, 4) is 0 Å². The topological polar surface area (TPSA) is 48.1 Å². The number of nitrogens with zero attached hydrogens (tertiary/aromatic N) is 1. The molecule has 0 aromatic carbocycles. The number of aromatic nitrogens is 1. The van der Waals surface area contributed by atoms with E-state index in [0.29, 0.717) is 6.42 Å². The first-order valence-corrected chi connectivity index (χ1v) is 5.46. The molecular formula is C11H17N3O. The van der Waals surface area contributed by atoms with Crippen LogP contribution in [0, 0.1) is 0 Å². The van der Waals surface area contributed by atoms with Crippen molar-refractivity contribution in [1.82, 2.24) is 15.2 Å². The van der Waals surface area contributed by atoms with Crippen LogP contribution in [-0.4, -0.2) is 48.4 Å². The second-order valence-corrected chi connectivity index (χ2v) is 3.85. The van der Waals surface area contributed by atoms with Crippen molar-refractivity contribution in [3.63, 3.8) is 0 Å². The molecule has 82 valence electrons. The Morgan fingerprint density at radius 3 is 2.87 bits per heavy atom. The van der Waals surface area contributed by atoms with Crippen LogP contribution in [0.15, 0.2) is 18.3 Å². The van der Waals surface area contributed by atoms with E-state index in [1.807, 2.05) is 12.1 Å². The average Bonchev–Trinajstić information content (AvgIpc) is 2.81. The first kappa shape index (κ1) is 10.4. The van der Waals surface area contributed by atoms with E-state index in [1.54, 1.807) is 6.20 Å². The van der Waals surface area contributed by atoms with E-state index < -0.39 is 0 Å². The number of hydrogen-bond donors (Lipinski definition) is 2. The summed E-state index contributed by atoms with van der Waals surface area (Å²) in [7, 11) is 0. The fraction of sp³-hybridized carbons (Fsp3) is 0.545. The Bertz CT molecular complexity index is 302. The quantitative estimate of drug-likeness (QED) is 0.707. The minimum Gasteiger partial charge on any atom is -0.359 e. The van der Waals surface area contributed by atoms with Gasteiger partial charge < -0.3 is 15.2 Å². The lowest BCUT2D eigenvalue weighted by atomic mass is 10.2. The molecule has 4 nitrogen and oxygen atoms in total. The predicted octanol–water partition coefficient (Wildman–Crippen LogP) is 0.493. The largest absolute Gasteiger partial charge is 0.359 e. The van der Waals surface area contributed by atoms with Gasteiger partial charge in [0.2, 0.25) is 0 Å². The molecule has 0 aliphatic carbocycles. The summed E-state index contributed by atoms with van der Waals surface area (Å²) in [6, 6.07) is 3.69. The molecule has 0 spiro atoms. The van der Waals surface area contributed by atoms with Gasteiger partial charge >= 0.3 is 0 Å². The first-order valence-electron chi connectivity index (χ1n) is 5.46. The fourth-order valence-corrected chi connectivity index (χ4v) is 1.83. The SMILES string of the molecule is O=C(CCN1CCNCC1)c1ccc[nH]1. The van der Waals surface area contributed by atoms with Crippen molar-refractivity contribution in [2.45, 2.75) is 6.42 Å². The summed E-state index contributed by atoms with van der Waals surface area (Å²) in [5, 5.41) is 3.30. The highest BCUT2D eigenvalue weighted by atomic mass is 16.1. The zero-order chi connectivity index (χ0) is 10.5. The Labute approximate surface area is 89.7 Å². The van der Waals surface area contributed by atoms with Gasteiger partial charge in [0.1, 0.15) is 0 Å². The van der Waals surface area contributed by atoms with E-state index in [0.717, 1.165) is 38.4 Å². The minimum atomic E-state index is 0.207. The molecule has 0 atom stereocenters. The smallest absolute Gasteiger partial charge is 0.180 e. The van der Waals surface area contributed by atoms with Crippen LogP contribution in [0.3, 0.4) is 0 Å². The van der Waals surface area contributed by atoms with Gasteiger partial charge in [-0.25, -0.2) is 0 Å². The van der Waals surface area contributed by atoms with Crippen molar-refractivity contribution in [1.29, 1.82) is 0 Å². The molecule has 0 bridgehead atoms. The highest BCUT2D eigenvalue weighted by Crippen LogP contribution is 2.02. The zero-order valence-corrected chi connectivity index (χ0v) is 8.83.